The molecule has 0 heterocycles. The first-order chi connectivity index (χ1) is 31.0. The number of ether oxygens (including phenoxy) is 2. The fraction of sp³-hybridized carbons (Fsp3) is 0.612. The zero-order valence-electron chi connectivity index (χ0n) is 39.4. The second kappa shape index (κ2) is 27.7. The van der Waals surface area contributed by atoms with Crippen LogP contribution in [0, 0.1) is 29.6 Å². The zero-order chi connectivity index (χ0) is 48.2. The Kier molecular flexibility index (Phi) is 23.3. The van der Waals surface area contributed by atoms with Crippen molar-refractivity contribution in [2.24, 2.45) is 29.6 Å². The van der Waals surface area contributed by atoms with Crippen molar-refractivity contribution in [2.75, 3.05) is 38.5 Å². The van der Waals surface area contributed by atoms with E-state index in [4.69, 9.17) is 9.47 Å². The maximum Gasteiger partial charge on any atom is 0.326 e. The summed E-state index contributed by atoms with van der Waals surface area (Å²) in [6.07, 6.45) is 4.03. The van der Waals surface area contributed by atoms with Crippen LogP contribution in [0.3, 0.4) is 0 Å². The maximum absolute atomic E-state index is 14.4. The van der Waals surface area contributed by atoms with E-state index in [1.807, 2.05) is 58.0 Å². The third kappa shape index (κ3) is 16.6. The van der Waals surface area contributed by atoms with Crippen molar-refractivity contribution in [3.8, 4) is 0 Å². The number of halogens is 1. The Morgan fingerprint density at radius 1 is 0.862 bits per heavy atom. The molecule has 0 saturated heterocycles. The van der Waals surface area contributed by atoms with E-state index in [1.54, 1.807) is 43.1 Å². The maximum atomic E-state index is 14.4. The summed E-state index contributed by atoms with van der Waals surface area (Å²) in [6.45, 7) is 9.97. The molecule has 15 nitrogen and oxygen atoms in total. The van der Waals surface area contributed by atoms with Crippen LogP contribution in [-0.4, -0.2) is 115 Å². The summed E-state index contributed by atoms with van der Waals surface area (Å²) in [5.74, 6) is -4.54. The number of anilines is 1. The number of unbranched alkanes of at least 4 members (excludes halogenated alkanes) is 2. The minimum Gasteiger partial charge on any atom is -0.480 e. The van der Waals surface area contributed by atoms with Gasteiger partial charge < -0.3 is 40.7 Å². The third-order valence-corrected chi connectivity index (χ3v) is 13.3. The van der Waals surface area contributed by atoms with Crippen LogP contribution < -0.4 is 21.3 Å². The smallest absolute Gasteiger partial charge is 0.326 e. The molecule has 1 aliphatic carbocycles. The molecule has 360 valence electrons. The summed E-state index contributed by atoms with van der Waals surface area (Å²) in [4.78, 5) is 93.5. The van der Waals surface area contributed by atoms with Crippen LogP contribution in [0.1, 0.15) is 108 Å². The van der Waals surface area contributed by atoms with Crippen LogP contribution in [0.4, 0.5) is 5.69 Å². The van der Waals surface area contributed by atoms with Gasteiger partial charge in [0, 0.05) is 64.2 Å². The number of rotatable bonds is 28. The molecular weight excluding hydrogens is 898 g/mol. The van der Waals surface area contributed by atoms with E-state index in [0.29, 0.717) is 49.9 Å². The minimum atomic E-state index is -1.15. The predicted octanol–water partition coefficient (Wildman–Crippen LogP) is 6.18. The molecule has 65 heavy (non-hydrogen) atoms. The molecule has 1 aliphatic rings. The summed E-state index contributed by atoms with van der Waals surface area (Å²) in [6, 6.07) is 13.0. The highest BCUT2D eigenvalue weighted by atomic mass is 79.9. The van der Waals surface area contributed by atoms with E-state index in [1.165, 1.54) is 14.2 Å². The largest absolute Gasteiger partial charge is 0.480 e. The fourth-order valence-corrected chi connectivity index (χ4v) is 9.06. The Morgan fingerprint density at radius 2 is 1.54 bits per heavy atom. The Labute approximate surface area is 393 Å². The minimum absolute atomic E-state index is 0.0122. The first-order valence-corrected chi connectivity index (χ1v) is 24.0. The number of benzene rings is 2. The molecular formula is C49H72BrN5O10. The third-order valence-electron chi connectivity index (χ3n) is 12.8. The monoisotopic (exact) mass is 969 g/mol. The van der Waals surface area contributed by atoms with Crippen molar-refractivity contribution in [1.29, 1.82) is 0 Å². The number of Topliss-reactive ketones (excluding diaryl/α,β-unsaturated/α-hetero) is 1. The lowest BCUT2D eigenvalue weighted by atomic mass is 9.79. The molecule has 16 heteroatoms. The number of nitrogens with one attached hydrogen (secondary N) is 4. The van der Waals surface area contributed by atoms with Crippen molar-refractivity contribution in [3.63, 3.8) is 0 Å². The van der Waals surface area contributed by atoms with Gasteiger partial charge in [-0.2, -0.15) is 0 Å². The van der Waals surface area contributed by atoms with Crippen LogP contribution in [0.15, 0.2) is 54.6 Å². The van der Waals surface area contributed by atoms with Gasteiger partial charge in [0.25, 0.3) is 5.91 Å². The summed E-state index contributed by atoms with van der Waals surface area (Å²) in [5.41, 5.74) is 1.63. The van der Waals surface area contributed by atoms with E-state index >= 15 is 0 Å². The van der Waals surface area contributed by atoms with Crippen LogP contribution in [0.5, 0.6) is 0 Å². The van der Waals surface area contributed by atoms with E-state index in [-0.39, 0.29) is 59.4 Å². The Morgan fingerprint density at radius 3 is 2.12 bits per heavy atom. The molecule has 3 rings (SSSR count). The molecule has 1 fully saturated rings. The van der Waals surface area contributed by atoms with E-state index in [2.05, 4.69) is 37.2 Å². The number of hydrogen-bond donors (Lipinski definition) is 5. The van der Waals surface area contributed by atoms with Gasteiger partial charge in [0.1, 0.15) is 17.9 Å². The summed E-state index contributed by atoms with van der Waals surface area (Å²) in [7, 11) is 4.71. The molecule has 2 aromatic carbocycles. The quantitative estimate of drug-likeness (QED) is 0.0483. The number of aliphatic carboxylic acids is 1. The van der Waals surface area contributed by atoms with Crippen LogP contribution in [0.2, 0.25) is 0 Å². The first kappa shape index (κ1) is 54.7. The van der Waals surface area contributed by atoms with E-state index in [9.17, 15) is 38.7 Å². The molecule has 0 spiro atoms. The molecule has 0 bridgehead atoms. The number of carbonyl (C=O) groups excluding carboxylic acids is 6. The van der Waals surface area contributed by atoms with Crippen LogP contribution in [-0.2, 0) is 44.7 Å². The Bertz CT molecular complexity index is 1860. The zero-order valence-corrected chi connectivity index (χ0v) is 41.0. The first-order valence-electron chi connectivity index (χ1n) is 22.9. The lowest BCUT2D eigenvalue weighted by molar-refractivity contribution is -0.145. The van der Waals surface area contributed by atoms with E-state index in [0.717, 1.165) is 24.8 Å². The summed E-state index contributed by atoms with van der Waals surface area (Å²) in [5, 5.41) is 21.4. The lowest BCUT2D eigenvalue weighted by Crippen LogP contribution is -2.57. The molecule has 1 saturated carbocycles. The average Bonchev–Trinajstić information content (AvgIpc) is 3.78. The van der Waals surface area contributed by atoms with Gasteiger partial charge in [-0.3, -0.25) is 28.8 Å². The van der Waals surface area contributed by atoms with Crippen molar-refractivity contribution >= 4 is 62.9 Å². The number of hydrogen-bond acceptors (Lipinski definition) is 9. The standard InChI is InChI=1S/C49H72BrN5O10/c1-9-31(4)44(55(6)48(61)43(30(2)3)54-47(60)34-22-24-35(25-23-34)52-41(57)21-14-11-15-26-51-42(58)29-50)40(64-7)28-39(56)36-19-16-20-37(36)45(65-8)32(5)46(59)53-38(49(62)63)27-33-17-12-10-13-18-33/h10,12-13,17-18,22-25,30-32,36-38,40,43-45H,9,11,14-16,19-21,26-29H2,1-8H3,(H,51,58)(H,52,57)(H,53,59)(H,54,60)(H,62,63)/t31-,32+,36?,37+,38-,40+,43-,44-,45+/m0/s1. The highest BCUT2D eigenvalue weighted by Gasteiger charge is 2.44. The molecule has 0 aliphatic heterocycles. The number of carbonyl (C=O) groups is 7. The van der Waals surface area contributed by atoms with Crippen molar-refractivity contribution in [1.82, 2.24) is 20.9 Å². The highest BCUT2D eigenvalue weighted by Crippen LogP contribution is 2.40. The molecule has 0 aromatic heterocycles. The number of likely N-dealkylation sites (N-methyl/N-ethyl adjacent to an activating group) is 1. The molecule has 1 unspecified atom stereocenters. The van der Waals surface area contributed by atoms with Crippen LogP contribution >= 0.6 is 15.9 Å². The van der Waals surface area contributed by atoms with Gasteiger partial charge in [0.05, 0.1) is 29.5 Å². The summed E-state index contributed by atoms with van der Waals surface area (Å²) < 4.78 is 12.0. The topological polar surface area (TPSA) is 210 Å². The average molecular weight is 971 g/mol. The molecule has 0 radical (unpaired) electrons. The van der Waals surface area contributed by atoms with Gasteiger partial charge in [-0.05, 0) is 73.3 Å². The normalized spacial score (nSPS) is 18.0. The highest BCUT2D eigenvalue weighted by molar-refractivity contribution is 9.09. The number of ketones is 1. The van der Waals surface area contributed by atoms with Gasteiger partial charge in [-0.25, -0.2) is 4.79 Å². The van der Waals surface area contributed by atoms with Gasteiger partial charge in [-0.15, -0.1) is 0 Å². The van der Waals surface area contributed by atoms with Crippen molar-refractivity contribution < 1.29 is 48.1 Å². The number of nitrogens with zero attached hydrogens (tertiary/aromatic N) is 1. The predicted molar refractivity (Wildman–Crippen MR) is 253 cm³/mol. The second-order valence-corrected chi connectivity index (χ2v) is 18.2. The van der Waals surface area contributed by atoms with E-state index < -0.39 is 60.0 Å². The Balaban J connectivity index is 1.67. The molecule has 9 atom stereocenters. The van der Waals surface area contributed by atoms with Gasteiger partial charge in [-0.1, -0.05) is 100 Å². The number of amides is 5. The number of carboxylic acids is 1. The number of carboxylic acid groups (broad SMARTS) is 1. The SMILES string of the molecule is CC[C@H](C)[C@@H]([C@@H](CC(=O)C1CCC[C@H]1[C@H](OC)[C@@H](C)C(=O)N[C@@H](Cc1ccccc1)C(=O)O)OC)N(C)C(=O)[C@@H](NC(=O)c1ccc(NC(=O)CCCCCNC(=O)CBr)cc1)C(C)C. The van der Waals surface area contributed by atoms with Crippen molar-refractivity contribution in [2.45, 2.75) is 129 Å². The van der Waals surface area contributed by atoms with Gasteiger partial charge >= 0.3 is 5.97 Å². The number of alkyl halides is 1. The van der Waals surface area contributed by atoms with Gasteiger partial charge in [0.2, 0.25) is 23.6 Å². The molecule has 5 N–H and O–H groups in total. The molecule has 5 amide bonds. The second-order valence-electron chi connectivity index (χ2n) is 17.7. The van der Waals surface area contributed by atoms with Crippen LogP contribution in [0.25, 0.3) is 0 Å². The lowest BCUT2D eigenvalue weighted by Gasteiger charge is -2.40. The molecule has 2 aromatic rings. The van der Waals surface area contributed by atoms with Gasteiger partial charge in [0.15, 0.2) is 0 Å². The summed E-state index contributed by atoms with van der Waals surface area (Å²) >= 11 is 3.11. The Hall–Kier alpha value is -4.67. The van der Waals surface area contributed by atoms with Crippen molar-refractivity contribution in [3.05, 3.63) is 65.7 Å². The number of methoxy groups -OCH3 is 2. The fourth-order valence-electron chi connectivity index (χ4n) is 8.86.